The summed E-state index contributed by atoms with van der Waals surface area (Å²) in [7, 11) is 0. The Morgan fingerprint density at radius 1 is 0.600 bits per heavy atom. The van der Waals surface area contributed by atoms with Crippen molar-refractivity contribution >= 4 is 88.7 Å². The number of amides is 9. The summed E-state index contributed by atoms with van der Waals surface area (Å²) in [6.07, 6.45) is -3.27. The number of aliphatic imine (C=N–C) groups is 1. The zero-order valence-corrected chi connectivity index (χ0v) is 67.4. The number of rotatable bonds is 32. The van der Waals surface area contributed by atoms with Crippen LogP contribution in [0.15, 0.2) is 147 Å². The first kappa shape index (κ1) is 92.2. The van der Waals surface area contributed by atoms with E-state index in [1.165, 1.54) is 72.8 Å². The summed E-state index contributed by atoms with van der Waals surface area (Å²) in [4.78, 5) is 155. The molecule has 120 heavy (non-hydrogen) atoms. The molecule has 11 rings (SSSR count). The molecule has 14 N–H and O–H groups in total. The van der Waals surface area contributed by atoms with Crippen LogP contribution in [0.5, 0.6) is 46.0 Å². The molecule has 0 radical (unpaired) electrons. The number of aliphatic hydroxyl groups is 6. The number of nitrogens with zero attached hydrogens (tertiary/aromatic N) is 1. The number of halogens is 2. The summed E-state index contributed by atoms with van der Waals surface area (Å²) in [5.41, 5.74) is -1.39. The average molecular weight is 1700 g/mol. The van der Waals surface area contributed by atoms with E-state index >= 15 is 24.0 Å². The third-order valence-corrected chi connectivity index (χ3v) is 19.7. The fraction of sp³-hybridized carbons (Fsp3) is 0.393. The van der Waals surface area contributed by atoms with Crippen LogP contribution in [0.25, 0.3) is 11.1 Å². The average Bonchev–Trinajstić information content (AvgIpc) is 0.739. The first-order valence-electron chi connectivity index (χ1n) is 38.5. The number of fused-ring (bicyclic) bond motifs is 15. The van der Waals surface area contributed by atoms with E-state index in [-0.39, 0.29) is 107 Å². The number of unbranched alkanes of at least 4 members (excludes halogenated alkanes) is 5. The van der Waals surface area contributed by atoms with Crippen LogP contribution >= 0.6 is 23.2 Å². The molecule has 9 amide bonds. The fourth-order valence-electron chi connectivity index (χ4n) is 13.2. The molecule has 5 aromatic carbocycles. The molecule has 1 fully saturated rings. The van der Waals surface area contributed by atoms with Gasteiger partial charge in [-0.3, -0.25) is 43.9 Å². The molecule has 36 heteroatoms. The van der Waals surface area contributed by atoms with Crippen molar-refractivity contribution in [1.29, 1.82) is 0 Å². The maximum Gasteiger partial charge on any atom is 0.349 e. The highest BCUT2D eigenvalue weighted by Crippen LogP contribution is 2.50. The molecule has 1 saturated heterocycles. The molecule has 6 heterocycles. The molecule has 0 aromatic heterocycles. The van der Waals surface area contributed by atoms with E-state index in [9.17, 15) is 54.6 Å². The molecule has 5 unspecified atom stereocenters. The van der Waals surface area contributed by atoms with Gasteiger partial charge in [0.2, 0.25) is 53.4 Å². The number of hydrogen-bond acceptors (Lipinski definition) is 26. The maximum absolute atomic E-state index is 16.6. The van der Waals surface area contributed by atoms with Crippen LogP contribution in [0.2, 0.25) is 10.0 Å². The third kappa shape index (κ3) is 23.6. The highest BCUT2D eigenvalue weighted by molar-refractivity contribution is 6.32. The molecule has 0 aliphatic carbocycles. The van der Waals surface area contributed by atoms with Crippen molar-refractivity contribution in [2.45, 2.75) is 157 Å². The van der Waals surface area contributed by atoms with Gasteiger partial charge in [-0.2, -0.15) is 0 Å². The second-order valence-electron chi connectivity index (χ2n) is 28.5. The van der Waals surface area contributed by atoms with Gasteiger partial charge in [-0.1, -0.05) is 158 Å². The summed E-state index contributed by atoms with van der Waals surface area (Å²) >= 11 is 14.3. The number of benzene rings is 5. The quantitative estimate of drug-likeness (QED) is 0.00962. The van der Waals surface area contributed by atoms with Gasteiger partial charge in [-0.15, -0.1) is 0 Å². The number of carbonyl (C=O) groups excluding carboxylic acids is 10. The van der Waals surface area contributed by atoms with Crippen LogP contribution in [0.4, 0.5) is 4.79 Å². The molecule has 642 valence electrons. The molecule has 6 aliphatic heterocycles. The Morgan fingerprint density at radius 3 is 1.82 bits per heavy atom. The predicted octanol–water partition coefficient (Wildman–Crippen LogP) is 6.37. The Balaban J connectivity index is 1.34. The van der Waals surface area contributed by atoms with Gasteiger partial charge >= 0.3 is 18.0 Å². The van der Waals surface area contributed by atoms with Crippen molar-refractivity contribution in [1.82, 2.24) is 42.5 Å². The van der Waals surface area contributed by atoms with Gasteiger partial charge in [0.25, 0.3) is 0 Å². The van der Waals surface area contributed by atoms with Crippen LogP contribution in [-0.4, -0.2) is 197 Å². The van der Waals surface area contributed by atoms with Gasteiger partial charge < -0.3 is 110 Å². The molecular weight excluding hydrogens is 1610 g/mol. The maximum atomic E-state index is 16.6. The Kier molecular flexibility index (Phi) is 33.7. The zero-order valence-electron chi connectivity index (χ0n) is 65.9. The van der Waals surface area contributed by atoms with E-state index in [1.807, 2.05) is 0 Å². The van der Waals surface area contributed by atoms with E-state index in [1.54, 1.807) is 13.8 Å². The zero-order chi connectivity index (χ0) is 87.0. The smallest absolute Gasteiger partial charge is 0.349 e. The van der Waals surface area contributed by atoms with Crippen LogP contribution in [0.3, 0.4) is 0 Å². The fourth-order valence-corrected chi connectivity index (χ4v) is 13.6. The number of imide groups is 1. The minimum Gasteiger partial charge on any atom is -0.489 e. The van der Waals surface area contributed by atoms with Crippen molar-refractivity contribution in [2.24, 2.45) is 10.9 Å². The Labute approximate surface area is 700 Å². The molecule has 11 bridgehead atoms. The minimum atomic E-state index is -2.40. The highest BCUT2D eigenvalue weighted by Gasteiger charge is 2.47. The molecule has 0 saturated carbocycles. The van der Waals surface area contributed by atoms with Crippen molar-refractivity contribution in [3.63, 3.8) is 0 Å². The molecule has 6 aliphatic rings. The van der Waals surface area contributed by atoms with Crippen LogP contribution in [-0.2, 0) is 57.4 Å². The normalized spacial score (nSPS) is 22.4. The van der Waals surface area contributed by atoms with Crippen molar-refractivity contribution < 1.29 is 121 Å². The van der Waals surface area contributed by atoms with Crippen molar-refractivity contribution in [2.75, 3.05) is 46.2 Å². The third-order valence-electron chi connectivity index (χ3n) is 19.1. The lowest BCUT2D eigenvalue weighted by molar-refractivity contribution is -0.277. The van der Waals surface area contributed by atoms with Crippen molar-refractivity contribution in [3.8, 4) is 57.1 Å². The number of nitrogens with one attached hydrogen (secondary N) is 8. The number of esters is 2. The van der Waals surface area contributed by atoms with Gasteiger partial charge in [0.05, 0.1) is 23.1 Å². The topological polar surface area (TPSA) is 484 Å². The van der Waals surface area contributed by atoms with Gasteiger partial charge in [-0.05, 0) is 95.6 Å². The monoisotopic (exact) mass is 1700 g/mol. The van der Waals surface area contributed by atoms with E-state index in [0.29, 0.717) is 6.42 Å². The number of hydrogen-bond donors (Lipinski definition) is 14. The van der Waals surface area contributed by atoms with Crippen LogP contribution < -0.4 is 71.0 Å². The van der Waals surface area contributed by atoms with E-state index in [0.717, 1.165) is 74.7 Å². The Bertz CT molecular complexity index is 4680. The molecule has 14 atom stereocenters. The number of aliphatic hydroxyl groups excluding tert-OH is 6. The van der Waals surface area contributed by atoms with Gasteiger partial charge in [0.1, 0.15) is 141 Å². The first-order chi connectivity index (χ1) is 57.5. The summed E-state index contributed by atoms with van der Waals surface area (Å²) in [5.74, 6) is -14.6. The molecular formula is C84H97Cl2N9O25. The molecule has 5 aromatic rings. The van der Waals surface area contributed by atoms with Gasteiger partial charge in [-0.25, -0.2) is 14.4 Å². The minimum absolute atomic E-state index is 0.0176. The lowest BCUT2D eigenvalue weighted by Crippen LogP contribution is -2.60. The van der Waals surface area contributed by atoms with Gasteiger partial charge in [0, 0.05) is 29.3 Å². The van der Waals surface area contributed by atoms with Crippen molar-refractivity contribution in [3.05, 3.63) is 180 Å². The van der Waals surface area contributed by atoms with E-state index < -0.39 is 197 Å². The number of carbonyl (C=O) groups is 10. The second kappa shape index (κ2) is 43.8. The van der Waals surface area contributed by atoms with E-state index in [4.69, 9.17) is 65.8 Å². The number of urea groups is 1. The Hall–Kier alpha value is -11.7. The molecule has 34 nitrogen and oxygen atoms in total. The summed E-state index contributed by atoms with van der Waals surface area (Å²) in [6.45, 7) is 22.0. The van der Waals surface area contributed by atoms with Gasteiger partial charge in [0.15, 0.2) is 17.5 Å². The summed E-state index contributed by atoms with van der Waals surface area (Å²) in [5, 5.41) is 88.9. The second-order valence-corrected chi connectivity index (χ2v) is 29.3. The lowest BCUT2D eigenvalue weighted by atomic mass is 9.89. The number of ether oxygens (including phenoxy) is 9. The SMILES string of the molecule is C=CCOC(=O)/C=N/[C@H](CC(C)C)C(=O)N[C@H]1C(=O)N[C@@H](CC(=O)NC(=O)NCCCCCCCC)C(=O)N[C@H]2C(=O)N[C@H]3C(=O)N[C@H](C(=O)N[C@H](C(=O)OCC=C)c4cc(OCC=C)cc(OCC=C)c4-c4cc3ccc4OCC=C)[C@H](O)c3ccc(c(Cl)c3)Oc3cc2cc(c3OC2OC(CO)C(O)C(O)C2O)Oc2ccc(cc2Cl)[C@H]1O. The van der Waals surface area contributed by atoms with Crippen LogP contribution in [0, 0.1) is 5.92 Å². The molecule has 0 spiro atoms. The predicted molar refractivity (Wildman–Crippen MR) is 435 cm³/mol. The largest absolute Gasteiger partial charge is 0.489 e. The lowest BCUT2D eigenvalue weighted by Gasteiger charge is -2.39. The van der Waals surface area contributed by atoms with Crippen LogP contribution in [0.1, 0.15) is 130 Å². The highest BCUT2D eigenvalue weighted by atomic mass is 35.5. The Morgan fingerprint density at radius 2 is 1.19 bits per heavy atom. The first-order valence-corrected chi connectivity index (χ1v) is 39.3. The summed E-state index contributed by atoms with van der Waals surface area (Å²) < 4.78 is 54.9. The van der Waals surface area contributed by atoms with E-state index in [2.05, 4.69) is 87.3 Å². The summed E-state index contributed by atoms with van der Waals surface area (Å²) in [6, 6.07) is -0.106. The standard InChI is InChI=1S/C84H97Cl2N9O25/c1-9-15-16-17-18-19-26-87-84(111)90-62(97)40-54-77(105)91-66-47-36-59(117-56-24-21-45(34-51(56)85)70(99)68(80(108)89-54)94-76(104)53(32-43(7)8)88-41-63(98)115-30-13-5)75(120-83-74(103)73(102)72(101)61(42-96)119-83)60(37-47)118-57-25-22-46(35-52(57)86)71(100)69-81(109)93-67(82(110)116-31-14-6)50-38-48(112-27-10-2)39-58(114-29-12-4)64(50)49-33-44(20-23-55(49)113-28-11-3)65(78(106)95-69)92-79(66)107/h10-14,20-25,33-39,41,43,53-54,61,65-74,83,96,99-103H,2-6,9,15-19,26-32,40,42H2,1,7-8H3,(H,89,108)(H,91,105)(H,92,107)(H,93,109)(H,94,104)(H,95,106)(H2,87,90,97,111)/b88-41+/t53-,54+,61?,65-,66-,67+,68-,69+,70-,71-,72?,73?,74?,83?/m1/s1.